The highest BCUT2D eigenvalue weighted by molar-refractivity contribution is 14.1. The standard InChI is InChI=1S/C14H12IN3O3S/c1-9-3-5-10(6-4-9)22(20,21)18-11-7-8-12(19)17(2)13(11)14(15)16-18/h3-8H,1-2H3. The summed E-state index contributed by atoms with van der Waals surface area (Å²) in [6.45, 7) is 1.89. The average Bonchev–Trinajstić information content (AvgIpc) is 2.82. The van der Waals surface area contributed by atoms with E-state index in [1.165, 1.54) is 16.7 Å². The molecule has 2 heterocycles. The van der Waals surface area contributed by atoms with E-state index < -0.39 is 10.0 Å². The molecule has 0 amide bonds. The molecule has 0 bridgehead atoms. The van der Waals surface area contributed by atoms with Crippen molar-refractivity contribution in [3.63, 3.8) is 0 Å². The van der Waals surface area contributed by atoms with Crippen molar-refractivity contribution >= 4 is 43.6 Å². The summed E-state index contributed by atoms with van der Waals surface area (Å²) in [5.41, 5.74) is 1.65. The van der Waals surface area contributed by atoms with Crippen molar-refractivity contribution < 1.29 is 8.42 Å². The zero-order valence-electron chi connectivity index (χ0n) is 11.8. The van der Waals surface area contributed by atoms with Crippen LogP contribution in [0.25, 0.3) is 11.0 Å². The van der Waals surface area contributed by atoms with Gasteiger partial charge in [-0.05, 0) is 47.7 Å². The summed E-state index contributed by atoms with van der Waals surface area (Å²) >= 11 is 1.93. The zero-order chi connectivity index (χ0) is 16.1. The van der Waals surface area contributed by atoms with E-state index >= 15 is 0 Å². The Hall–Kier alpha value is -1.68. The Morgan fingerprint density at radius 2 is 1.73 bits per heavy atom. The fraction of sp³-hybridized carbons (Fsp3) is 0.143. The van der Waals surface area contributed by atoms with Crippen LogP contribution in [0.4, 0.5) is 0 Å². The van der Waals surface area contributed by atoms with Gasteiger partial charge in [0.2, 0.25) is 0 Å². The first-order valence-corrected chi connectivity index (χ1v) is 8.91. The minimum Gasteiger partial charge on any atom is -0.308 e. The lowest BCUT2D eigenvalue weighted by atomic mass is 10.2. The molecule has 114 valence electrons. The largest absolute Gasteiger partial charge is 0.308 e. The van der Waals surface area contributed by atoms with Gasteiger partial charge in [-0.2, -0.15) is 12.5 Å². The van der Waals surface area contributed by atoms with Crippen molar-refractivity contribution in [1.82, 2.24) is 13.8 Å². The van der Waals surface area contributed by atoms with Crippen LogP contribution < -0.4 is 5.56 Å². The molecule has 0 aliphatic carbocycles. The molecule has 6 nitrogen and oxygen atoms in total. The van der Waals surface area contributed by atoms with E-state index in [0.717, 1.165) is 9.65 Å². The van der Waals surface area contributed by atoms with Crippen LogP contribution in [0.15, 0.2) is 46.1 Å². The van der Waals surface area contributed by atoms with Crippen molar-refractivity contribution in [1.29, 1.82) is 0 Å². The predicted molar refractivity (Wildman–Crippen MR) is 91.5 cm³/mol. The Morgan fingerprint density at radius 3 is 2.36 bits per heavy atom. The van der Waals surface area contributed by atoms with E-state index in [2.05, 4.69) is 5.10 Å². The van der Waals surface area contributed by atoms with Gasteiger partial charge in [-0.1, -0.05) is 17.7 Å². The summed E-state index contributed by atoms with van der Waals surface area (Å²) in [4.78, 5) is 11.9. The van der Waals surface area contributed by atoms with Crippen LogP contribution in [0.2, 0.25) is 0 Å². The third kappa shape index (κ3) is 2.26. The van der Waals surface area contributed by atoms with Crippen LogP contribution in [-0.2, 0) is 17.1 Å². The maximum Gasteiger partial charge on any atom is 0.283 e. The van der Waals surface area contributed by atoms with E-state index in [1.54, 1.807) is 31.3 Å². The van der Waals surface area contributed by atoms with Gasteiger partial charge in [0.15, 0.2) is 0 Å². The third-order valence-corrected chi connectivity index (χ3v) is 5.75. The molecule has 0 unspecified atom stereocenters. The van der Waals surface area contributed by atoms with Gasteiger partial charge >= 0.3 is 0 Å². The van der Waals surface area contributed by atoms with E-state index in [4.69, 9.17) is 0 Å². The molecular weight excluding hydrogens is 417 g/mol. The van der Waals surface area contributed by atoms with Crippen molar-refractivity contribution in [2.75, 3.05) is 0 Å². The molecule has 0 aliphatic heterocycles. The second kappa shape index (κ2) is 5.20. The average molecular weight is 429 g/mol. The van der Waals surface area contributed by atoms with E-state index in [1.807, 2.05) is 29.5 Å². The number of fused-ring (bicyclic) bond motifs is 1. The first-order valence-electron chi connectivity index (χ1n) is 6.39. The highest BCUT2D eigenvalue weighted by Gasteiger charge is 2.23. The van der Waals surface area contributed by atoms with Crippen LogP contribution in [0, 0.1) is 10.6 Å². The van der Waals surface area contributed by atoms with Crippen LogP contribution >= 0.6 is 22.6 Å². The molecule has 1 aromatic carbocycles. The van der Waals surface area contributed by atoms with Crippen molar-refractivity contribution in [3.05, 3.63) is 56.0 Å². The van der Waals surface area contributed by atoms with Gasteiger partial charge in [0.05, 0.1) is 4.90 Å². The smallest absolute Gasteiger partial charge is 0.283 e. The molecule has 0 radical (unpaired) electrons. The molecule has 22 heavy (non-hydrogen) atoms. The minimum absolute atomic E-state index is 0.160. The van der Waals surface area contributed by atoms with Crippen molar-refractivity contribution in [3.8, 4) is 0 Å². The lowest BCUT2D eigenvalue weighted by molar-refractivity contribution is 0.582. The van der Waals surface area contributed by atoms with E-state index in [-0.39, 0.29) is 10.5 Å². The third-order valence-electron chi connectivity index (χ3n) is 3.42. The molecule has 8 heteroatoms. The molecule has 3 rings (SSSR count). The molecular formula is C14H12IN3O3S. The topological polar surface area (TPSA) is 74.0 Å². The predicted octanol–water partition coefficient (Wildman–Crippen LogP) is 1.89. The van der Waals surface area contributed by atoms with Crippen LogP contribution in [0.5, 0.6) is 0 Å². The van der Waals surface area contributed by atoms with Crippen LogP contribution in [-0.4, -0.2) is 22.2 Å². The number of halogens is 1. The summed E-state index contributed by atoms with van der Waals surface area (Å²) in [6.07, 6.45) is 0. The number of nitrogens with zero attached hydrogens (tertiary/aromatic N) is 3. The monoisotopic (exact) mass is 429 g/mol. The van der Waals surface area contributed by atoms with E-state index in [9.17, 15) is 13.2 Å². The Labute approximate surface area is 140 Å². The number of hydrogen-bond acceptors (Lipinski definition) is 4. The van der Waals surface area contributed by atoms with E-state index in [0.29, 0.717) is 14.7 Å². The molecule has 0 spiro atoms. The lowest BCUT2D eigenvalue weighted by Crippen LogP contribution is -2.17. The normalized spacial score (nSPS) is 12.0. The van der Waals surface area contributed by atoms with Gasteiger partial charge in [0.1, 0.15) is 14.7 Å². The summed E-state index contributed by atoms with van der Waals surface area (Å²) in [5.74, 6) is 0. The maximum absolute atomic E-state index is 12.8. The first kappa shape index (κ1) is 15.2. The van der Waals surface area contributed by atoms with Crippen LogP contribution in [0.3, 0.4) is 0 Å². The number of aryl methyl sites for hydroxylation is 2. The summed E-state index contributed by atoms with van der Waals surface area (Å²) in [6, 6.07) is 9.39. The quantitative estimate of drug-likeness (QED) is 0.584. The second-order valence-electron chi connectivity index (χ2n) is 4.92. The molecule has 0 atom stereocenters. The fourth-order valence-corrected chi connectivity index (χ4v) is 4.47. The van der Waals surface area contributed by atoms with Gasteiger partial charge in [-0.25, -0.2) is 0 Å². The number of hydrogen-bond donors (Lipinski definition) is 0. The maximum atomic E-state index is 12.8. The Bertz CT molecular complexity index is 1030. The fourth-order valence-electron chi connectivity index (χ4n) is 2.20. The summed E-state index contributed by atoms with van der Waals surface area (Å²) in [5, 5.41) is 4.12. The summed E-state index contributed by atoms with van der Waals surface area (Å²) < 4.78 is 28.4. The van der Waals surface area contributed by atoms with Crippen molar-refractivity contribution in [2.24, 2.45) is 7.05 Å². The molecule has 0 aliphatic rings. The first-order chi connectivity index (χ1) is 10.3. The molecule has 2 aromatic heterocycles. The molecule has 0 saturated carbocycles. The van der Waals surface area contributed by atoms with Crippen LogP contribution in [0.1, 0.15) is 5.56 Å². The molecule has 0 N–H and O–H groups in total. The zero-order valence-corrected chi connectivity index (χ0v) is 14.8. The number of pyridine rings is 1. The van der Waals surface area contributed by atoms with Gasteiger partial charge in [-0.15, -0.1) is 5.10 Å². The molecule has 0 saturated heterocycles. The highest BCUT2D eigenvalue weighted by Crippen LogP contribution is 2.23. The van der Waals surface area contributed by atoms with Gasteiger partial charge in [0, 0.05) is 13.1 Å². The summed E-state index contributed by atoms with van der Waals surface area (Å²) in [7, 11) is -2.21. The molecule has 0 fully saturated rings. The Morgan fingerprint density at radius 1 is 1.09 bits per heavy atom. The SMILES string of the molecule is Cc1ccc(S(=O)(=O)n2nc(I)c3c2ccc(=O)n3C)cc1. The number of benzene rings is 1. The van der Waals surface area contributed by atoms with Gasteiger partial charge in [0.25, 0.3) is 15.6 Å². The Kier molecular flexibility index (Phi) is 3.60. The minimum atomic E-state index is -3.81. The molecule has 3 aromatic rings. The van der Waals surface area contributed by atoms with Gasteiger partial charge in [-0.3, -0.25) is 4.79 Å². The number of rotatable bonds is 2. The van der Waals surface area contributed by atoms with Gasteiger partial charge < -0.3 is 4.57 Å². The number of aromatic nitrogens is 3. The second-order valence-corrected chi connectivity index (χ2v) is 7.71. The highest BCUT2D eigenvalue weighted by atomic mass is 127. The van der Waals surface area contributed by atoms with Crippen molar-refractivity contribution in [2.45, 2.75) is 11.8 Å². The lowest BCUT2D eigenvalue weighted by Gasteiger charge is -2.06. The Balaban J connectivity index is 2.33.